The van der Waals surface area contributed by atoms with Crippen LogP contribution in [0.15, 0.2) is 12.7 Å². The zero-order chi connectivity index (χ0) is 19.8. The Morgan fingerprint density at radius 3 is 1.71 bits per heavy atom. The van der Waals surface area contributed by atoms with Crippen LogP contribution in [0.25, 0.3) is 0 Å². The molecule has 160 valence electrons. The second-order valence-corrected chi connectivity index (χ2v) is 10.3. The zero-order valence-electron chi connectivity index (χ0n) is 18.5. The van der Waals surface area contributed by atoms with Gasteiger partial charge in [0.2, 0.25) is 5.91 Å². The number of carbonyl (C=O) groups excluding carboxylic acids is 1. The average molecular weight is 388 g/mol. The molecule has 0 spiro atoms. The normalized spacial score (nSPS) is 36.6. The van der Waals surface area contributed by atoms with Crippen molar-refractivity contribution in [3.63, 3.8) is 0 Å². The van der Waals surface area contributed by atoms with Crippen LogP contribution < -0.4 is 5.32 Å². The molecule has 3 fully saturated rings. The van der Waals surface area contributed by atoms with Gasteiger partial charge in [0.05, 0.1) is 0 Å². The van der Waals surface area contributed by atoms with Gasteiger partial charge in [0.15, 0.2) is 0 Å². The van der Waals surface area contributed by atoms with Gasteiger partial charge in [-0.2, -0.15) is 0 Å². The monoisotopic (exact) mass is 387 g/mol. The summed E-state index contributed by atoms with van der Waals surface area (Å²) in [6.07, 6.45) is 24.2. The lowest BCUT2D eigenvalue weighted by atomic mass is 9.65. The summed E-state index contributed by atoms with van der Waals surface area (Å²) in [7, 11) is 0. The van der Waals surface area contributed by atoms with E-state index in [1.807, 2.05) is 0 Å². The van der Waals surface area contributed by atoms with Gasteiger partial charge in [0.1, 0.15) is 0 Å². The maximum atomic E-state index is 11.5. The highest BCUT2D eigenvalue weighted by Gasteiger charge is 2.34. The van der Waals surface area contributed by atoms with E-state index in [1.165, 1.54) is 109 Å². The molecular formula is C26H45NO. The van der Waals surface area contributed by atoms with Crippen LogP contribution >= 0.6 is 0 Å². The summed E-state index contributed by atoms with van der Waals surface area (Å²) in [6, 6.07) is 0.394. The van der Waals surface area contributed by atoms with E-state index in [0.717, 1.165) is 29.6 Å². The van der Waals surface area contributed by atoms with Crippen LogP contribution in [0.1, 0.15) is 110 Å². The minimum Gasteiger partial charge on any atom is -0.350 e. The maximum absolute atomic E-state index is 11.5. The molecule has 0 unspecified atom stereocenters. The van der Waals surface area contributed by atoms with E-state index in [-0.39, 0.29) is 5.91 Å². The Labute approximate surface area is 174 Å². The Morgan fingerprint density at radius 2 is 1.25 bits per heavy atom. The first-order valence-corrected chi connectivity index (χ1v) is 12.6. The van der Waals surface area contributed by atoms with Gasteiger partial charge in [-0.3, -0.25) is 4.79 Å². The molecule has 0 aromatic carbocycles. The zero-order valence-corrected chi connectivity index (χ0v) is 18.5. The molecule has 0 radical (unpaired) electrons. The number of carbonyl (C=O) groups is 1. The number of amides is 1. The van der Waals surface area contributed by atoms with Crippen molar-refractivity contribution in [1.82, 2.24) is 5.32 Å². The van der Waals surface area contributed by atoms with Gasteiger partial charge < -0.3 is 5.32 Å². The molecule has 0 heterocycles. The number of hydrogen-bond acceptors (Lipinski definition) is 1. The summed E-state index contributed by atoms with van der Waals surface area (Å²) >= 11 is 0. The minimum atomic E-state index is 0.00374. The Kier molecular flexibility index (Phi) is 8.93. The van der Waals surface area contributed by atoms with E-state index in [9.17, 15) is 4.79 Å². The largest absolute Gasteiger partial charge is 0.350 e. The lowest BCUT2D eigenvalue weighted by molar-refractivity contribution is -0.117. The smallest absolute Gasteiger partial charge is 0.243 e. The molecule has 0 aliphatic heterocycles. The fraction of sp³-hybridized carbons (Fsp3) is 0.885. The quantitative estimate of drug-likeness (QED) is 0.351. The van der Waals surface area contributed by atoms with Gasteiger partial charge >= 0.3 is 0 Å². The highest BCUT2D eigenvalue weighted by atomic mass is 16.1. The molecule has 0 bridgehead atoms. The van der Waals surface area contributed by atoms with E-state index in [0.29, 0.717) is 6.04 Å². The molecule has 2 heteroatoms. The number of rotatable bonds is 8. The van der Waals surface area contributed by atoms with Gasteiger partial charge in [-0.25, -0.2) is 0 Å². The number of unbranched alkanes of at least 4 members (excludes halogenated alkanes) is 2. The fourth-order valence-electron chi connectivity index (χ4n) is 6.71. The predicted molar refractivity (Wildman–Crippen MR) is 119 cm³/mol. The molecular weight excluding hydrogens is 342 g/mol. The Hall–Kier alpha value is -0.790. The van der Waals surface area contributed by atoms with E-state index >= 15 is 0 Å². The molecule has 3 aliphatic carbocycles. The first-order valence-electron chi connectivity index (χ1n) is 12.6. The van der Waals surface area contributed by atoms with Crippen molar-refractivity contribution in [2.45, 2.75) is 116 Å². The molecule has 0 aromatic heterocycles. The lowest BCUT2D eigenvalue weighted by Crippen LogP contribution is -2.38. The summed E-state index contributed by atoms with van der Waals surface area (Å²) in [4.78, 5) is 11.5. The van der Waals surface area contributed by atoms with Gasteiger partial charge in [-0.15, -0.1) is 0 Å². The predicted octanol–water partition coefficient (Wildman–Crippen LogP) is 7.04. The van der Waals surface area contributed by atoms with Crippen LogP contribution in [-0.2, 0) is 4.79 Å². The number of nitrogens with one attached hydrogen (secondary N) is 1. The maximum Gasteiger partial charge on any atom is 0.243 e. The van der Waals surface area contributed by atoms with Crippen LogP contribution in [0.3, 0.4) is 0 Å². The molecule has 1 amide bonds. The number of hydrogen-bond donors (Lipinski definition) is 1. The highest BCUT2D eigenvalue weighted by molar-refractivity contribution is 5.87. The van der Waals surface area contributed by atoms with Gasteiger partial charge in [-0.1, -0.05) is 52.0 Å². The van der Waals surface area contributed by atoms with Crippen LogP contribution in [-0.4, -0.2) is 11.9 Å². The first kappa shape index (κ1) is 21.9. The van der Waals surface area contributed by atoms with Crippen molar-refractivity contribution in [2.24, 2.45) is 29.6 Å². The summed E-state index contributed by atoms with van der Waals surface area (Å²) in [5.74, 6) is 5.04. The molecule has 3 aliphatic rings. The Morgan fingerprint density at radius 1 is 0.786 bits per heavy atom. The SMILES string of the molecule is C=CC(=O)NC1CCC(C2CCC(C3CCC(CCCCC)CC3)CC2)CC1. The third-order valence-electron chi connectivity index (χ3n) is 8.56. The molecule has 0 atom stereocenters. The van der Waals surface area contributed by atoms with Gasteiger partial charge in [0, 0.05) is 6.04 Å². The van der Waals surface area contributed by atoms with Gasteiger partial charge in [-0.05, 0) is 99.9 Å². The van der Waals surface area contributed by atoms with Crippen LogP contribution in [0, 0.1) is 29.6 Å². The second-order valence-electron chi connectivity index (χ2n) is 10.3. The van der Waals surface area contributed by atoms with Crippen molar-refractivity contribution in [2.75, 3.05) is 0 Å². The van der Waals surface area contributed by atoms with Crippen molar-refractivity contribution in [1.29, 1.82) is 0 Å². The van der Waals surface area contributed by atoms with Crippen LogP contribution in [0.2, 0.25) is 0 Å². The standard InChI is InChI=1S/C26H45NO/c1-3-5-6-7-20-8-10-21(11-9-20)22-12-14-23(15-13-22)24-16-18-25(19-17-24)27-26(28)4-2/h4,20-25H,2-3,5-19H2,1H3,(H,27,28). The summed E-state index contributed by atoms with van der Waals surface area (Å²) in [5.41, 5.74) is 0. The lowest BCUT2D eigenvalue weighted by Gasteiger charge is -2.41. The topological polar surface area (TPSA) is 29.1 Å². The Bertz CT molecular complexity index is 463. The Balaban J connectivity index is 1.32. The van der Waals surface area contributed by atoms with E-state index in [1.54, 1.807) is 0 Å². The summed E-state index contributed by atoms with van der Waals surface area (Å²) in [5, 5.41) is 3.10. The molecule has 0 saturated heterocycles. The third-order valence-corrected chi connectivity index (χ3v) is 8.56. The third kappa shape index (κ3) is 6.36. The van der Waals surface area contributed by atoms with Gasteiger partial charge in [0.25, 0.3) is 0 Å². The van der Waals surface area contributed by atoms with E-state index in [4.69, 9.17) is 0 Å². The molecule has 0 aromatic rings. The average Bonchev–Trinajstić information content (AvgIpc) is 2.75. The molecule has 28 heavy (non-hydrogen) atoms. The van der Waals surface area contributed by atoms with Crippen LogP contribution in [0.5, 0.6) is 0 Å². The van der Waals surface area contributed by atoms with Crippen molar-refractivity contribution in [3.05, 3.63) is 12.7 Å². The summed E-state index contributed by atoms with van der Waals surface area (Å²) < 4.78 is 0. The van der Waals surface area contributed by atoms with Crippen LogP contribution in [0.4, 0.5) is 0 Å². The highest BCUT2D eigenvalue weighted by Crippen LogP contribution is 2.45. The molecule has 3 rings (SSSR count). The van der Waals surface area contributed by atoms with Crippen molar-refractivity contribution >= 4 is 5.91 Å². The second kappa shape index (κ2) is 11.4. The first-order chi connectivity index (χ1) is 13.7. The molecule has 1 N–H and O–H groups in total. The minimum absolute atomic E-state index is 0.00374. The molecule has 3 saturated carbocycles. The van der Waals surface area contributed by atoms with Crippen molar-refractivity contribution < 1.29 is 4.79 Å². The summed E-state index contributed by atoms with van der Waals surface area (Å²) in [6.45, 7) is 5.89. The van der Waals surface area contributed by atoms with Crippen molar-refractivity contribution in [3.8, 4) is 0 Å². The molecule has 2 nitrogen and oxygen atoms in total. The van der Waals surface area contributed by atoms with E-state index in [2.05, 4.69) is 18.8 Å². The fourth-order valence-corrected chi connectivity index (χ4v) is 6.71. The van der Waals surface area contributed by atoms with E-state index < -0.39 is 0 Å².